The van der Waals surface area contributed by atoms with Crippen LogP contribution in [0.3, 0.4) is 0 Å². The Hall–Kier alpha value is -2.28. The van der Waals surface area contributed by atoms with E-state index < -0.39 is 0 Å². The summed E-state index contributed by atoms with van der Waals surface area (Å²) in [6.45, 7) is 1.94. The van der Waals surface area contributed by atoms with Crippen molar-refractivity contribution in [1.29, 1.82) is 0 Å². The number of hydrazine groups is 1. The highest BCUT2D eigenvalue weighted by Gasteiger charge is 2.18. The minimum atomic E-state index is -0.369. The van der Waals surface area contributed by atoms with Gasteiger partial charge in [-0.3, -0.25) is 15.6 Å². The number of benzene rings is 1. The number of carbonyl (C=O) groups excluding carboxylic acids is 1. The third-order valence-corrected chi connectivity index (χ3v) is 4.44. The predicted molar refractivity (Wildman–Crippen MR) is 103 cm³/mol. The van der Waals surface area contributed by atoms with Gasteiger partial charge in [-0.25, -0.2) is 9.67 Å². The summed E-state index contributed by atoms with van der Waals surface area (Å²) in [5.41, 5.74) is 6.83. The van der Waals surface area contributed by atoms with Gasteiger partial charge in [0.15, 0.2) is 5.82 Å². The van der Waals surface area contributed by atoms with E-state index >= 15 is 0 Å². The first-order chi connectivity index (χ1) is 12.5. The van der Waals surface area contributed by atoms with Gasteiger partial charge >= 0.3 is 0 Å². The highest BCUT2D eigenvalue weighted by Crippen LogP contribution is 2.33. The second kappa shape index (κ2) is 7.95. The number of carbonyl (C=O) groups is 1. The first-order valence-electron chi connectivity index (χ1n) is 7.70. The van der Waals surface area contributed by atoms with Gasteiger partial charge in [0.1, 0.15) is 0 Å². The molecule has 0 saturated heterocycles. The van der Waals surface area contributed by atoms with Crippen molar-refractivity contribution in [3.05, 3.63) is 69.1 Å². The van der Waals surface area contributed by atoms with Crippen LogP contribution in [-0.2, 0) is 6.42 Å². The number of halogens is 3. The molecule has 0 bridgehead atoms. The predicted octanol–water partition coefficient (Wildman–Crippen LogP) is 4.55. The summed E-state index contributed by atoms with van der Waals surface area (Å²) >= 11 is 18.1. The summed E-state index contributed by atoms with van der Waals surface area (Å²) in [5, 5.41) is 5.27. The van der Waals surface area contributed by atoms with Crippen molar-refractivity contribution in [2.75, 3.05) is 5.43 Å². The van der Waals surface area contributed by atoms with Crippen LogP contribution in [-0.4, -0.2) is 20.7 Å². The maximum atomic E-state index is 12.6. The van der Waals surface area contributed by atoms with Crippen molar-refractivity contribution < 1.29 is 4.79 Å². The molecule has 0 spiro atoms. The number of aromatic nitrogens is 3. The van der Waals surface area contributed by atoms with Crippen LogP contribution in [0, 0.1) is 0 Å². The molecular formula is C17H14Cl3N5O. The average Bonchev–Trinajstić information content (AvgIpc) is 3.05. The highest BCUT2D eigenvalue weighted by atomic mass is 35.5. The third kappa shape index (κ3) is 3.77. The van der Waals surface area contributed by atoms with Crippen molar-refractivity contribution in [2.45, 2.75) is 13.3 Å². The molecule has 9 heteroatoms. The zero-order valence-corrected chi connectivity index (χ0v) is 15.9. The zero-order valence-electron chi connectivity index (χ0n) is 13.6. The Bertz CT molecular complexity index is 920. The molecule has 0 fully saturated rings. The number of rotatable bonds is 5. The normalized spacial score (nSPS) is 10.6. The Balaban J connectivity index is 1.82. The maximum absolute atomic E-state index is 12.6. The van der Waals surface area contributed by atoms with Crippen molar-refractivity contribution >= 4 is 46.4 Å². The summed E-state index contributed by atoms with van der Waals surface area (Å²) in [4.78, 5) is 16.8. The number of amides is 1. The van der Waals surface area contributed by atoms with Gasteiger partial charge in [0, 0.05) is 11.2 Å². The molecule has 0 saturated carbocycles. The van der Waals surface area contributed by atoms with E-state index in [1.54, 1.807) is 10.9 Å². The highest BCUT2D eigenvalue weighted by molar-refractivity contribution is 6.41. The van der Waals surface area contributed by atoms with E-state index in [1.807, 2.05) is 25.1 Å². The fourth-order valence-electron chi connectivity index (χ4n) is 2.43. The summed E-state index contributed by atoms with van der Waals surface area (Å²) in [7, 11) is 0. The maximum Gasteiger partial charge on any atom is 0.273 e. The largest absolute Gasteiger partial charge is 0.295 e. The lowest BCUT2D eigenvalue weighted by molar-refractivity contribution is 0.0961. The van der Waals surface area contributed by atoms with Crippen LogP contribution < -0.4 is 10.9 Å². The topological polar surface area (TPSA) is 71.8 Å². The van der Waals surface area contributed by atoms with Crippen LogP contribution in [0.5, 0.6) is 0 Å². The van der Waals surface area contributed by atoms with Gasteiger partial charge in [-0.2, -0.15) is 5.10 Å². The SMILES string of the molecule is CCc1c(C(=O)NNc2c(Cl)cc(Cl)cc2Cl)cnn1-c1ccccn1. The zero-order chi connectivity index (χ0) is 18.7. The van der Waals surface area contributed by atoms with Gasteiger partial charge in [0.25, 0.3) is 5.91 Å². The second-order valence-corrected chi connectivity index (χ2v) is 6.53. The molecule has 2 aromatic heterocycles. The van der Waals surface area contributed by atoms with Crippen molar-refractivity contribution in [3.8, 4) is 5.82 Å². The number of hydrogen-bond donors (Lipinski definition) is 2. The third-order valence-electron chi connectivity index (χ3n) is 3.62. The van der Waals surface area contributed by atoms with Crippen LogP contribution in [0.25, 0.3) is 5.82 Å². The standard InChI is InChI=1S/C17H14Cl3N5O/c1-2-14-11(9-22-25(14)15-5-3-4-6-21-15)17(26)24-23-16-12(19)7-10(18)8-13(16)20/h3-9,23H,2H2,1H3,(H,24,26). The summed E-state index contributed by atoms with van der Waals surface area (Å²) in [6, 6.07) is 8.55. The number of pyridine rings is 1. The summed E-state index contributed by atoms with van der Waals surface area (Å²) in [5.74, 6) is 0.270. The van der Waals surface area contributed by atoms with E-state index in [0.29, 0.717) is 38.6 Å². The van der Waals surface area contributed by atoms with E-state index in [0.717, 1.165) is 5.69 Å². The molecule has 0 unspecified atom stereocenters. The Morgan fingerprint density at radius 1 is 1.19 bits per heavy atom. The molecule has 0 radical (unpaired) electrons. The van der Waals surface area contributed by atoms with Gasteiger partial charge in [-0.15, -0.1) is 0 Å². The number of hydrogen-bond acceptors (Lipinski definition) is 4. The molecule has 0 aliphatic heterocycles. The molecular weight excluding hydrogens is 397 g/mol. The molecule has 2 heterocycles. The molecule has 0 atom stereocenters. The monoisotopic (exact) mass is 409 g/mol. The van der Waals surface area contributed by atoms with Gasteiger partial charge in [-0.05, 0) is 30.7 Å². The van der Waals surface area contributed by atoms with E-state index in [9.17, 15) is 4.79 Å². The van der Waals surface area contributed by atoms with E-state index in [-0.39, 0.29) is 5.91 Å². The van der Waals surface area contributed by atoms with Gasteiger partial charge in [0.2, 0.25) is 0 Å². The van der Waals surface area contributed by atoms with Crippen LogP contribution in [0.15, 0.2) is 42.7 Å². The van der Waals surface area contributed by atoms with E-state index in [1.165, 1.54) is 18.3 Å². The minimum absolute atomic E-state index is 0.294. The first-order valence-corrected chi connectivity index (χ1v) is 8.83. The lowest BCUT2D eigenvalue weighted by Crippen LogP contribution is -2.30. The summed E-state index contributed by atoms with van der Waals surface area (Å²) < 4.78 is 1.64. The van der Waals surface area contributed by atoms with Crippen molar-refractivity contribution in [1.82, 2.24) is 20.2 Å². The fourth-order valence-corrected chi connectivity index (χ4v) is 3.34. The Kier molecular flexibility index (Phi) is 5.66. The Morgan fingerprint density at radius 2 is 1.92 bits per heavy atom. The van der Waals surface area contributed by atoms with Crippen LogP contribution in [0.2, 0.25) is 15.1 Å². The Labute approximate surface area is 165 Å². The molecule has 6 nitrogen and oxygen atoms in total. The minimum Gasteiger partial charge on any atom is -0.295 e. The molecule has 2 N–H and O–H groups in total. The molecule has 3 aromatic rings. The molecule has 1 amide bonds. The average molecular weight is 411 g/mol. The molecule has 1 aromatic carbocycles. The van der Waals surface area contributed by atoms with Gasteiger partial charge in [0.05, 0.1) is 33.2 Å². The van der Waals surface area contributed by atoms with Crippen LogP contribution >= 0.6 is 34.8 Å². The fraction of sp³-hybridized carbons (Fsp3) is 0.118. The van der Waals surface area contributed by atoms with Gasteiger partial charge < -0.3 is 0 Å². The molecule has 3 rings (SSSR count). The van der Waals surface area contributed by atoms with E-state index in [4.69, 9.17) is 34.8 Å². The molecule has 26 heavy (non-hydrogen) atoms. The summed E-state index contributed by atoms with van der Waals surface area (Å²) in [6.07, 6.45) is 3.76. The van der Waals surface area contributed by atoms with Gasteiger partial charge in [-0.1, -0.05) is 47.8 Å². The molecule has 0 aliphatic rings. The molecule has 0 aliphatic carbocycles. The number of anilines is 1. The van der Waals surface area contributed by atoms with E-state index in [2.05, 4.69) is 20.9 Å². The smallest absolute Gasteiger partial charge is 0.273 e. The van der Waals surface area contributed by atoms with Crippen LogP contribution in [0.4, 0.5) is 5.69 Å². The quantitative estimate of drug-likeness (QED) is 0.605. The lowest BCUT2D eigenvalue weighted by Gasteiger charge is -2.12. The lowest BCUT2D eigenvalue weighted by atomic mass is 10.2. The number of nitrogens with zero attached hydrogens (tertiary/aromatic N) is 3. The molecule has 134 valence electrons. The van der Waals surface area contributed by atoms with Crippen molar-refractivity contribution in [3.63, 3.8) is 0 Å². The Morgan fingerprint density at radius 3 is 2.54 bits per heavy atom. The second-order valence-electron chi connectivity index (χ2n) is 5.28. The number of nitrogens with one attached hydrogen (secondary N) is 2. The van der Waals surface area contributed by atoms with Crippen LogP contribution in [0.1, 0.15) is 23.0 Å². The first kappa shape index (κ1) is 18.5. The van der Waals surface area contributed by atoms with Crippen molar-refractivity contribution in [2.24, 2.45) is 0 Å².